The highest BCUT2D eigenvalue weighted by molar-refractivity contribution is 5.11. The molecule has 2 heterocycles. The van der Waals surface area contributed by atoms with E-state index in [0.29, 0.717) is 12.2 Å². The van der Waals surface area contributed by atoms with Gasteiger partial charge in [-0.2, -0.15) is 0 Å². The van der Waals surface area contributed by atoms with Gasteiger partial charge in [-0.1, -0.05) is 0 Å². The molecule has 1 saturated carbocycles. The van der Waals surface area contributed by atoms with E-state index in [1.807, 2.05) is 0 Å². The van der Waals surface area contributed by atoms with E-state index in [0.717, 1.165) is 6.61 Å². The Balaban J connectivity index is 1.84. The maximum atomic E-state index is 5.74. The molecule has 2 aliphatic heterocycles. The van der Waals surface area contributed by atoms with Crippen LogP contribution in [-0.2, 0) is 9.47 Å². The molecule has 0 bridgehead atoms. The SMILES string of the molecule is C1C[C@@H]2OCCC[C@@]23O[C@H]3C1. The van der Waals surface area contributed by atoms with Crippen LogP contribution in [0, 0.1) is 0 Å². The molecule has 3 fully saturated rings. The predicted molar refractivity (Wildman–Crippen MR) is 40.4 cm³/mol. The molecule has 2 heteroatoms. The van der Waals surface area contributed by atoms with Crippen molar-refractivity contribution in [2.45, 2.75) is 49.9 Å². The van der Waals surface area contributed by atoms with Crippen molar-refractivity contribution in [3.05, 3.63) is 0 Å². The van der Waals surface area contributed by atoms with Gasteiger partial charge in [0.05, 0.1) is 12.2 Å². The molecule has 3 rings (SSSR count). The number of hydrogen-bond acceptors (Lipinski definition) is 2. The molecule has 62 valence electrons. The summed E-state index contributed by atoms with van der Waals surface area (Å²) in [6, 6.07) is 0. The zero-order chi connectivity index (χ0) is 7.31. The summed E-state index contributed by atoms with van der Waals surface area (Å²) in [6.07, 6.45) is 7.29. The van der Waals surface area contributed by atoms with E-state index in [4.69, 9.17) is 9.47 Å². The monoisotopic (exact) mass is 154 g/mol. The quantitative estimate of drug-likeness (QED) is 0.493. The Morgan fingerprint density at radius 1 is 1.09 bits per heavy atom. The number of ether oxygens (including phenoxy) is 2. The van der Waals surface area contributed by atoms with Gasteiger partial charge in [-0.3, -0.25) is 0 Å². The van der Waals surface area contributed by atoms with Crippen molar-refractivity contribution in [2.75, 3.05) is 6.61 Å². The molecule has 1 spiro atoms. The first-order chi connectivity index (χ1) is 5.42. The number of epoxide rings is 1. The molecule has 0 aromatic rings. The molecule has 1 aliphatic carbocycles. The highest BCUT2D eigenvalue weighted by Crippen LogP contribution is 2.53. The predicted octanol–water partition coefficient (Wildman–Crippen LogP) is 1.49. The molecule has 2 nitrogen and oxygen atoms in total. The van der Waals surface area contributed by atoms with Crippen LogP contribution >= 0.6 is 0 Å². The van der Waals surface area contributed by atoms with E-state index >= 15 is 0 Å². The Hall–Kier alpha value is -0.0800. The van der Waals surface area contributed by atoms with Crippen LogP contribution in [0.15, 0.2) is 0 Å². The summed E-state index contributed by atoms with van der Waals surface area (Å²) in [6.45, 7) is 0.961. The zero-order valence-corrected chi connectivity index (χ0v) is 6.71. The minimum Gasteiger partial charge on any atom is -0.375 e. The molecule has 0 unspecified atom stereocenters. The van der Waals surface area contributed by atoms with Crippen LogP contribution in [0.1, 0.15) is 32.1 Å². The first-order valence-electron chi connectivity index (χ1n) is 4.71. The van der Waals surface area contributed by atoms with Gasteiger partial charge in [0.2, 0.25) is 0 Å². The van der Waals surface area contributed by atoms with Crippen molar-refractivity contribution in [3.63, 3.8) is 0 Å². The maximum Gasteiger partial charge on any atom is 0.121 e. The van der Waals surface area contributed by atoms with E-state index < -0.39 is 0 Å². The van der Waals surface area contributed by atoms with Crippen LogP contribution in [0.2, 0.25) is 0 Å². The molecule has 0 radical (unpaired) electrons. The Morgan fingerprint density at radius 2 is 2.00 bits per heavy atom. The molecular formula is C9H14O2. The van der Waals surface area contributed by atoms with Crippen LogP contribution in [0.25, 0.3) is 0 Å². The van der Waals surface area contributed by atoms with Crippen molar-refractivity contribution in [3.8, 4) is 0 Å². The molecule has 0 N–H and O–H groups in total. The third kappa shape index (κ3) is 0.744. The molecular weight excluding hydrogens is 140 g/mol. The van der Waals surface area contributed by atoms with Crippen LogP contribution < -0.4 is 0 Å². The summed E-state index contributed by atoms with van der Waals surface area (Å²) >= 11 is 0. The van der Waals surface area contributed by atoms with Gasteiger partial charge in [0.25, 0.3) is 0 Å². The van der Waals surface area contributed by atoms with Gasteiger partial charge in [0, 0.05) is 6.61 Å². The topological polar surface area (TPSA) is 21.8 Å². The summed E-state index contributed by atoms with van der Waals surface area (Å²) in [4.78, 5) is 0. The van der Waals surface area contributed by atoms with Crippen molar-refractivity contribution in [2.24, 2.45) is 0 Å². The van der Waals surface area contributed by atoms with Crippen LogP contribution in [-0.4, -0.2) is 24.4 Å². The molecule has 0 aromatic carbocycles. The number of rotatable bonds is 0. The lowest BCUT2D eigenvalue weighted by molar-refractivity contribution is -0.0496. The average Bonchev–Trinajstić information content (AvgIpc) is 2.75. The lowest BCUT2D eigenvalue weighted by Crippen LogP contribution is -2.41. The third-order valence-electron chi connectivity index (χ3n) is 3.36. The third-order valence-corrected chi connectivity index (χ3v) is 3.36. The largest absolute Gasteiger partial charge is 0.375 e. The minimum atomic E-state index is 0.219. The van der Waals surface area contributed by atoms with Crippen molar-refractivity contribution < 1.29 is 9.47 Å². The lowest BCUT2D eigenvalue weighted by atomic mass is 9.82. The standard InChI is InChI=1S/C9H14O2/c1-3-7-9(5-2-6-10-7)8(4-1)11-9/h7-8H,1-6H2/t7-,8-,9+/m0/s1. The van der Waals surface area contributed by atoms with Gasteiger partial charge in [-0.05, 0) is 32.1 Å². The van der Waals surface area contributed by atoms with E-state index in [9.17, 15) is 0 Å². The van der Waals surface area contributed by atoms with Gasteiger partial charge in [0.1, 0.15) is 5.60 Å². The molecule has 0 aromatic heterocycles. The Kier molecular flexibility index (Phi) is 1.16. The van der Waals surface area contributed by atoms with Crippen LogP contribution in [0.4, 0.5) is 0 Å². The summed E-state index contributed by atoms with van der Waals surface area (Å²) in [5.41, 5.74) is 0.219. The van der Waals surface area contributed by atoms with Crippen molar-refractivity contribution in [1.82, 2.24) is 0 Å². The van der Waals surface area contributed by atoms with Gasteiger partial charge in [-0.15, -0.1) is 0 Å². The van der Waals surface area contributed by atoms with E-state index in [2.05, 4.69) is 0 Å². The van der Waals surface area contributed by atoms with Crippen molar-refractivity contribution in [1.29, 1.82) is 0 Å². The molecule has 3 aliphatic rings. The smallest absolute Gasteiger partial charge is 0.121 e. The Bertz CT molecular complexity index is 178. The Labute approximate surface area is 66.9 Å². The van der Waals surface area contributed by atoms with Crippen molar-refractivity contribution >= 4 is 0 Å². The van der Waals surface area contributed by atoms with Gasteiger partial charge < -0.3 is 9.47 Å². The fourth-order valence-electron chi connectivity index (χ4n) is 2.73. The summed E-state index contributed by atoms with van der Waals surface area (Å²) in [5, 5.41) is 0. The summed E-state index contributed by atoms with van der Waals surface area (Å²) < 4.78 is 11.4. The zero-order valence-electron chi connectivity index (χ0n) is 6.71. The van der Waals surface area contributed by atoms with Crippen LogP contribution in [0.5, 0.6) is 0 Å². The molecule has 3 atom stereocenters. The Morgan fingerprint density at radius 3 is 2.91 bits per heavy atom. The summed E-state index contributed by atoms with van der Waals surface area (Å²) in [7, 11) is 0. The molecule has 11 heavy (non-hydrogen) atoms. The number of hydrogen-bond donors (Lipinski definition) is 0. The van der Waals surface area contributed by atoms with Gasteiger partial charge in [0.15, 0.2) is 0 Å². The second-order valence-electron chi connectivity index (χ2n) is 3.96. The second-order valence-corrected chi connectivity index (χ2v) is 3.96. The van der Waals surface area contributed by atoms with Gasteiger partial charge >= 0.3 is 0 Å². The normalized spacial score (nSPS) is 54.5. The first-order valence-corrected chi connectivity index (χ1v) is 4.71. The van der Waals surface area contributed by atoms with Gasteiger partial charge in [-0.25, -0.2) is 0 Å². The van der Waals surface area contributed by atoms with E-state index in [1.54, 1.807) is 0 Å². The minimum absolute atomic E-state index is 0.219. The lowest BCUT2D eigenvalue weighted by Gasteiger charge is -2.32. The fourth-order valence-corrected chi connectivity index (χ4v) is 2.73. The second kappa shape index (κ2) is 1.99. The fraction of sp³-hybridized carbons (Fsp3) is 1.00. The molecule has 0 amide bonds. The first kappa shape index (κ1) is 6.44. The van der Waals surface area contributed by atoms with Crippen LogP contribution in [0.3, 0.4) is 0 Å². The average molecular weight is 154 g/mol. The maximum absolute atomic E-state index is 5.74. The van der Waals surface area contributed by atoms with E-state index in [-0.39, 0.29) is 5.60 Å². The van der Waals surface area contributed by atoms with E-state index in [1.165, 1.54) is 32.1 Å². The highest BCUT2D eigenvalue weighted by Gasteiger charge is 2.63. The molecule has 2 saturated heterocycles. The summed E-state index contributed by atoms with van der Waals surface area (Å²) in [5.74, 6) is 0. The highest BCUT2D eigenvalue weighted by atomic mass is 16.6.